The summed E-state index contributed by atoms with van der Waals surface area (Å²) in [6.45, 7) is 8.74. The van der Waals surface area contributed by atoms with Gasteiger partial charge in [-0.2, -0.15) is 15.3 Å². The van der Waals surface area contributed by atoms with Crippen molar-refractivity contribution >= 4 is 39.1 Å². The molecule has 0 atom stereocenters. The van der Waals surface area contributed by atoms with Gasteiger partial charge in [0.1, 0.15) is 6.67 Å². The summed E-state index contributed by atoms with van der Waals surface area (Å²) in [4.78, 5) is 12.8. The Morgan fingerprint density at radius 1 is 0.969 bits per heavy atom. The van der Waals surface area contributed by atoms with Crippen molar-refractivity contribution in [3.63, 3.8) is 0 Å². The Morgan fingerprint density at radius 2 is 1.66 bits per heavy atom. The van der Waals surface area contributed by atoms with Crippen LogP contribution in [0, 0.1) is 27.7 Å². The average molecular weight is 517 g/mol. The third-order valence-corrected chi connectivity index (χ3v) is 6.71. The minimum atomic E-state index is -0.282. The van der Waals surface area contributed by atoms with Gasteiger partial charge in [0.05, 0.1) is 39.5 Å². The molecule has 0 fully saturated rings. The molecule has 4 rings (SSSR count). The van der Waals surface area contributed by atoms with Gasteiger partial charge in [0, 0.05) is 11.2 Å². The molecule has 32 heavy (non-hydrogen) atoms. The van der Waals surface area contributed by atoms with Gasteiger partial charge in [-0.05, 0) is 67.4 Å². The number of carbonyl (C=O) groups is 1. The van der Waals surface area contributed by atoms with Crippen LogP contribution in [-0.2, 0) is 13.2 Å². The molecule has 3 heterocycles. The maximum atomic E-state index is 12.8. The first-order chi connectivity index (χ1) is 15.2. The topological polar surface area (TPSA) is 82.6 Å². The predicted octanol–water partition coefficient (Wildman–Crippen LogP) is 4.73. The van der Waals surface area contributed by atoms with Gasteiger partial charge in [-0.3, -0.25) is 14.2 Å². The monoisotopic (exact) mass is 515 g/mol. The summed E-state index contributed by atoms with van der Waals surface area (Å²) < 4.78 is 6.37. The molecule has 0 saturated carbocycles. The molecule has 4 aromatic rings. The highest BCUT2D eigenvalue weighted by Crippen LogP contribution is 2.22. The highest BCUT2D eigenvalue weighted by atomic mass is 79.9. The van der Waals surface area contributed by atoms with Gasteiger partial charge < -0.3 is 5.32 Å². The third kappa shape index (κ3) is 4.49. The highest BCUT2D eigenvalue weighted by molar-refractivity contribution is 9.10. The van der Waals surface area contributed by atoms with Gasteiger partial charge >= 0.3 is 0 Å². The average Bonchev–Trinajstić information content (AvgIpc) is 3.40. The van der Waals surface area contributed by atoms with E-state index in [4.69, 9.17) is 11.6 Å². The van der Waals surface area contributed by atoms with E-state index in [1.54, 1.807) is 16.9 Å². The fourth-order valence-corrected chi connectivity index (χ4v) is 3.89. The van der Waals surface area contributed by atoms with Crippen LogP contribution in [0.5, 0.6) is 0 Å². The van der Waals surface area contributed by atoms with Crippen LogP contribution < -0.4 is 5.32 Å². The van der Waals surface area contributed by atoms with Crippen molar-refractivity contribution in [2.24, 2.45) is 0 Å². The van der Waals surface area contributed by atoms with Gasteiger partial charge in [-0.15, -0.1) is 0 Å². The first-order valence-corrected chi connectivity index (χ1v) is 11.2. The van der Waals surface area contributed by atoms with Crippen molar-refractivity contribution in [2.45, 2.75) is 40.9 Å². The van der Waals surface area contributed by atoms with E-state index in [9.17, 15) is 4.79 Å². The number of benzene rings is 1. The lowest BCUT2D eigenvalue weighted by atomic mass is 10.2. The van der Waals surface area contributed by atoms with E-state index in [1.807, 2.05) is 61.3 Å². The Kier molecular flexibility index (Phi) is 6.21. The van der Waals surface area contributed by atoms with Gasteiger partial charge in [0.25, 0.3) is 5.91 Å². The molecular formula is C22H23BrClN7O. The normalized spacial score (nSPS) is 11.2. The Balaban J connectivity index is 1.48. The molecule has 0 aliphatic carbocycles. The molecule has 0 spiro atoms. The number of anilines is 1. The van der Waals surface area contributed by atoms with Gasteiger partial charge in [0.2, 0.25) is 0 Å². The fraction of sp³-hybridized carbons (Fsp3) is 0.273. The summed E-state index contributed by atoms with van der Waals surface area (Å²) >= 11 is 9.50. The minimum Gasteiger partial charge on any atom is -0.317 e. The molecule has 0 unspecified atom stereocenters. The summed E-state index contributed by atoms with van der Waals surface area (Å²) in [5, 5.41) is 17.1. The second kappa shape index (κ2) is 8.91. The molecular weight excluding hydrogens is 494 g/mol. The second-order valence-electron chi connectivity index (χ2n) is 7.65. The summed E-state index contributed by atoms with van der Waals surface area (Å²) in [5.41, 5.74) is 5.63. The third-order valence-electron chi connectivity index (χ3n) is 5.31. The summed E-state index contributed by atoms with van der Waals surface area (Å²) in [6.07, 6.45) is 1.77. The molecule has 1 amide bonds. The predicted molar refractivity (Wildman–Crippen MR) is 127 cm³/mol. The SMILES string of the molecule is Cc1nn(Cn2ccc(C(=O)Nc3c(C)nn(Cc4ccc(Cl)cc4)c3C)n2)c(C)c1Br. The van der Waals surface area contributed by atoms with Crippen molar-refractivity contribution in [1.82, 2.24) is 29.3 Å². The zero-order chi connectivity index (χ0) is 23.0. The number of aromatic nitrogens is 6. The van der Waals surface area contributed by atoms with E-state index >= 15 is 0 Å². The number of rotatable bonds is 6. The zero-order valence-electron chi connectivity index (χ0n) is 18.2. The van der Waals surface area contributed by atoms with E-state index in [0.29, 0.717) is 29.6 Å². The lowest BCUT2D eigenvalue weighted by Gasteiger charge is -2.07. The number of aryl methyl sites for hydroxylation is 2. The van der Waals surface area contributed by atoms with Gasteiger partial charge in [-0.1, -0.05) is 23.7 Å². The van der Waals surface area contributed by atoms with E-state index in [0.717, 1.165) is 32.8 Å². The van der Waals surface area contributed by atoms with E-state index in [1.165, 1.54) is 0 Å². The van der Waals surface area contributed by atoms with E-state index in [-0.39, 0.29) is 5.91 Å². The first-order valence-electron chi connectivity index (χ1n) is 10.1. The van der Waals surface area contributed by atoms with Crippen LogP contribution in [-0.4, -0.2) is 35.2 Å². The molecule has 3 aromatic heterocycles. The molecule has 0 aliphatic heterocycles. The molecule has 1 aromatic carbocycles. The lowest BCUT2D eigenvalue weighted by Crippen LogP contribution is -2.16. The molecule has 0 saturated heterocycles. The smallest absolute Gasteiger partial charge is 0.276 e. The number of nitrogens with one attached hydrogen (secondary N) is 1. The summed E-state index contributed by atoms with van der Waals surface area (Å²) in [7, 11) is 0. The van der Waals surface area contributed by atoms with Crippen molar-refractivity contribution in [1.29, 1.82) is 0 Å². The minimum absolute atomic E-state index is 0.282. The van der Waals surface area contributed by atoms with Gasteiger partial charge in [-0.25, -0.2) is 4.68 Å². The molecule has 0 radical (unpaired) electrons. The van der Waals surface area contributed by atoms with Crippen LogP contribution in [0.15, 0.2) is 41.0 Å². The number of amides is 1. The number of nitrogens with zero attached hydrogens (tertiary/aromatic N) is 6. The van der Waals surface area contributed by atoms with Crippen molar-refractivity contribution in [3.8, 4) is 0 Å². The molecule has 0 aliphatic rings. The fourth-order valence-electron chi connectivity index (χ4n) is 3.48. The maximum Gasteiger partial charge on any atom is 0.276 e. The quantitative estimate of drug-likeness (QED) is 0.402. The number of carbonyl (C=O) groups excluding carboxylic acids is 1. The Morgan fingerprint density at radius 3 is 2.31 bits per heavy atom. The molecule has 0 bridgehead atoms. The van der Waals surface area contributed by atoms with Gasteiger partial charge in [0.15, 0.2) is 5.69 Å². The standard InChI is InChI=1S/C22H23BrClN7O/c1-13-20(23)15(3)31(26-13)12-29-10-9-19(28-29)22(32)25-21-14(2)27-30(16(21)4)11-17-5-7-18(24)8-6-17/h5-10H,11-12H2,1-4H3,(H,25,32). The van der Waals surface area contributed by atoms with Crippen molar-refractivity contribution < 1.29 is 4.79 Å². The second-order valence-corrected chi connectivity index (χ2v) is 8.88. The maximum absolute atomic E-state index is 12.8. The van der Waals surface area contributed by atoms with Crippen LogP contribution in [0.1, 0.15) is 38.8 Å². The van der Waals surface area contributed by atoms with Crippen LogP contribution in [0.3, 0.4) is 0 Å². The van der Waals surface area contributed by atoms with Crippen LogP contribution in [0.2, 0.25) is 5.02 Å². The Hall–Kier alpha value is -2.91. The molecule has 166 valence electrons. The molecule has 10 heteroatoms. The largest absolute Gasteiger partial charge is 0.317 e. The van der Waals surface area contributed by atoms with Crippen LogP contribution in [0.25, 0.3) is 0 Å². The van der Waals surface area contributed by atoms with Crippen LogP contribution in [0.4, 0.5) is 5.69 Å². The van der Waals surface area contributed by atoms with Crippen LogP contribution >= 0.6 is 27.5 Å². The Labute approximate surface area is 199 Å². The number of halogens is 2. The highest BCUT2D eigenvalue weighted by Gasteiger charge is 2.18. The Bertz CT molecular complexity index is 1290. The van der Waals surface area contributed by atoms with E-state index in [2.05, 4.69) is 36.5 Å². The lowest BCUT2D eigenvalue weighted by molar-refractivity contribution is 0.102. The van der Waals surface area contributed by atoms with Crippen molar-refractivity contribution in [2.75, 3.05) is 5.32 Å². The van der Waals surface area contributed by atoms with E-state index < -0.39 is 0 Å². The summed E-state index contributed by atoms with van der Waals surface area (Å²) in [5.74, 6) is -0.282. The first kappa shape index (κ1) is 22.3. The zero-order valence-corrected chi connectivity index (χ0v) is 20.6. The summed E-state index contributed by atoms with van der Waals surface area (Å²) in [6, 6.07) is 9.33. The molecule has 1 N–H and O–H groups in total. The van der Waals surface area contributed by atoms with Crippen molar-refractivity contribution in [3.05, 3.63) is 80.1 Å². The molecule has 8 nitrogen and oxygen atoms in total. The number of hydrogen-bond donors (Lipinski definition) is 1. The number of hydrogen-bond acceptors (Lipinski definition) is 4.